The predicted molar refractivity (Wildman–Crippen MR) is 92.3 cm³/mol. The highest BCUT2D eigenvalue weighted by Gasteiger charge is 2.27. The smallest absolute Gasteiger partial charge is 0.291 e. The molecule has 0 saturated heterocycles. The third-order valence-electron chi connectivity index (χ3n) is 4.79. The van der Waals surface area contributed by atoms with Crippen molar-refractivity contribution < 1.29 is 8.78 Å². The average molecular weight is 339 g/mol. The van der Waals surface area contributed by atoms with Gasteiger partial charge in [0, 0.05) is 31.4 Å². The fourth-order valence-corrected chi connectivity index (χ4v) is 3.61. The van der Waals surface area contributed by atoms with Crippen molar-refractivity contribution in [3.05, 3.63) is 89.5 Å². The van der Waals surface area contributed by atoms with Gasteiger partial charge in [0.2, 0.25) is 0 Å². The van der Waals surface area contributed by atoms with E-state index in [0.717, 1.165) is 17.7 Å². The molecule has 1 aliphatic rings. The lowest BCUT2D eigenvalue weighted by Crippen LogP contribution is -2.34. The second-order valence-electron chi connectivity index (χ2n) is 6.36. The summed E-state index contributed by atoms with van der Waals surface area (Å²) in [6.45, 7) is -0.610. The molecule has 0 radical (unpaired) electrons. The molecule has 25 heavy (non-hydrogen) atoms. The van der Waals surface area contributed by atoms with Crippen LogP contribution in [0.5, 0.6) is 0 Å². The zero-order valence-corrected chi connectivity index (χ0v) is 13.7. The first kappa shape index (κ1) is 16.0. The molecule has 0 saturated carbocycles. The summed E-state index contributed by atoms with van der Waals surface area (Å²) in [5.41, 5.74) is 3.82. The van der Waals surface area contributed by atoms with Crippen LogP contribution in [0.25, 0.3) is 0 Å². The fourth-order valence-electron chi connectivity index (χ4n) is 3.61. The quantitative estimate of drug-likeness (QED) is 0.701. The molecule has 2 aromatic carbocycles. The van der Waals surface area contributed by atoms with E-state index in [1.807, 2.05) is 24.3 Å². The van der Waals surface area contributed by atoms with Crippen LogP contribution in [0, 0.1) is 0 Å². The van der Waals surface area contributed by atoms with Gasteiger partial charge >= 0.3 is 6.55 Å². The van der Waals surface area contributed by atoms with Crippen LogP contribution in [0.15, 0.2) is 67.0 Å². The maximum absolute atomic E-state index is 13.1. The zero-order chi connectivity index (χ0) is 17.2. The van der Waals surface area contributed by atoms with E-state index in [0.29, 0.717) is 12.4 Å². The maximum atomic E-state index is 13.1. The minimum Gasteiger partial charge on any atom is -0.291 e. The Hall–Kier alpha value is -2.53. The molecule has 5 heteroatoms. The molecule has 1 aliphatic heterocycles. The zero-order valence-electron chi connectivity index (χ0n) is 13.7. The molecule has 2 heterocycles. The van der Waals surface area contributed by atoms with E-state index < -0.39 is 6.55 Å². The summed E-state index contributed by atoms with van der Waals surface area (Å²) in [5, 5.41) is 0. The normalized spacial score (nSPS) is 17.6. The summed E-state index contributed by atoms with van der Waals surface area (Å²) in [5.74, 6) is 0.641. The molecule has 0 aliphatic carbocycles. The van der Waals surface area contributed by atoms with Crippen LogP contribution in [-0.2, 0) is 13.1 Å². The highest BCUT2D eigenvalue weighted by Crippen LogP contribution is 2.34. The SMILES string of the molecule is FC(F)n1ccnc1CN1Cc2ccccc2C(c2ccccc2)C1. The van der Waals surface area contributed by atoms with Gasteiger partial charge in [0.1, 0.15) is 5.82 Å². The molecule has 0 amide bonds. The topological polar surface area (TPSA) is 21.1 Å². The number of rotatable bonds is 4. The van der Waals surface area contributed by atoms with E-state index in [2.05, 4.69) is 40.2 Å². The summed E-state index contributed by atoms with van der Waals surface area (Å²) >= 11 is 0. The van der Waals surface area contributed by atoms with Gasteiger partial charge in [-0.25, -0.2) is 4.98 Å². The summed E-state index contributed by atoms with van der Waals surface area (Å²) in [4.78, 5) is 6.32. The molecule has 0 fully saturated rings. The molecule has 1 atom stereocenters. The number of benzene rings is 2. The van der Waals surface area contributed by atoms with Crippen molar-refractivity contribution in [3.8, 4) is 0 Å². The molecule has 0 N–H and O–H groups in total. The van der Waals surface area contributed by atoms with Gasteiger partial charge < -0.3 is 0 Å². The molecular formula is C20H19F2N3. The average Bonchev–Trinajstić information content (AvgIpc) is 3.10. The number of nitrogens with zero attached hydrogens (tertiary/aromatic N) is 3. The van der Waals surface area contributed by atoms with Crippen molar-refractivity contribution in [2.45, 2.75) is 25.6 Å². The van der Waals surface area contributed by atoms with Gasteiger partial charge in [-0.05, 0) is 16.7 Å². The van der Waals surface area contributed by atoms with Crippen LogP contribution >= 0.6 is 0 Å². The molecule has 0 bridgehead atoms. The van der Waals surface area contributed by atoms with E-state index in [1.165, 1.54) is 29.1 Å². The highest BCUT2D eigenvalue weighted by molar-refractivity contribution is 5.40. The molecule has 3 nitrogen and oxygen atoms in total. The lowest BCUT2D eigenvalue weighted by Gasteiger charge is -2.35. The first-order valence-electron chi connectivity index (χ1n) is 8.37. The summed E-state index contributed by atoms with van der Waals surface area (Å²) < 4.78 is 27.1. The van der Waals surface area contributed by atoms with E-state index in [-0.39, 0.29) is 5.92 Å². The number of hydrogen-bond donors (Lipinski definition) is 0. The minimum atomic E-state index is -2.56. The summed E-state index contributed by atoms with van der Waals surface area (Å²) in [6.07, 6.45) is 2.78. The Kier molecular flexibility index (Phi) is 4.32. The molecule has 128 valence electrons. The van der Waals surface area contributed by atoms with Crippen molar-refractivity contribution in [1.29, 1.82) is 0 Å². The summed E-state index contributed by atoms with van der Waals surface area (Å²) in [7, 11) is 0. The van der Waals surface area contributed by atoms with E-state index >= 15 is 0 Å². The monoisotopic (exact) mass is 339 g/mol. The van der Waals surface area contributed by atoms with Crippen molar-refractivity contribution in [1.82, 2.24) is 14.5 Å². The number of fused-ring (bicyclic) bond motifs is 1. The van der Waals surface area contributed by atoms with Crippen molar-refractivity contribution in [2.75, 3.05) is 6.54 Å². The van der Waals surface area contributed by atoms with Gasteiger partial charge in [0.15, 0.2) is 0 Å². The van der Waals surface area contributed by atoms with Crippen LogP contribution in [-0.4, -0.2) is 21.0 Å². The third-order valence-corrected chi connectivity index (χ3v) is 4.79. The molecule has 1 aromatic heterocycles. The minimum absolute atomic E-state index is 0.237. The van der Waals surface area contributed by atoms with Gasteiger partial charge in [0.05, 0.1) is 6.54 Å². The second kappa shape index (κ2) is 6.76. The number of halogens is 2. The Balaban J connectivity index is 1.65. The Morgan fingerprint density at radius 3 is 2.60 bits per heavy atom. The Bertz CT molecular complexity index is 845. The van der Waals surface area contributed by atoms with Gasteiger partial charge in [-0.3, -0.25) is 9.47 Å². The molecule has 4 rings (SSSR count). The lowest BCUT2D eigenvalue weighted by atomic mass is 9.85. The first-order valence-corrected chi connectivity index (χ1v) is 8.37. The fraction of sp³-hybridized carbons (Fsp3) is 0.250. The van der Waals surface area contributed by atoms with Crippen LogP contribution in [0.4, 0.5) is 8.78 Å². The Morgan fingerprint density at radius 1 is 1.04 bits per heavy atom. The van der Waals surface area contributed by atoms with Crippen LogP contribution < -0.4 is 0 Å². The Labute approximate surface area is 145 Å². The largest absolute Gasteiger partial charge is 0.319 e. The Morgan fingerprint density at radius 2 is 1.80 bits per heavy atom. The maximum Gasteiger partial charge on any atom is 0.319 e. The van der Waals surface area contributed by atoms with Crippen molar-refractivity contribution in [2.24, 2.45) is 0 Å². The van der Waals surface area contributed by atoms with Crippen LogP contribution in [0.2, 0.25) is 0 Å². The van der Waals surface area contributed by atoms with Gasteiger partial charge in [-0.1, -0.05) is 54.6 Å². The van der Waals surface area contributed by atoms with E-state index in [1.54, 1.807) is 0 Å². The van der Waals surface area contributed by atoms with E-state index in [9.17, 15) is 8.78 Å². The molecule has 1 unspecified atom stereocenters. The van der Waals surface area contributed by atoms with Gasteiger partial charge in [-0.15, -0.1) is 0 Å². The van der Waals surface area contributed by atoms with Crippen molar-refractivity contribution >= 4 is 0 Å². The molecule has 3 aromatic rings. The number of aromatic nitrogens is 2. The highest BCUT2D eigenvalue weighted by atomic mass is 19.3. The number of imidazole rings is 1. The number of hydrogen-bond acceptors (Lipinski definition) is 2. The second-order valence-corrected chi connectivity index (χ2v) is 6.36. The third kappa shape index (κ3) is 3.20. The van der Waals surface area contributed by atoms with Crippen molar-refractivity contribution in [3.63, 3.8) is 0 Å². The summed E-state index contributed by atoms with van der Waals surface area (Å²) in [6, 6.07) is 18.7. The molecule has 0 spiro atoms. The standard InChI is InChI=1S/C20H19F2N3/c21-20(22)25-11-10-23-19(25)14-24-12-16-8-4-5-9-17(16)18(13-24)15-6-2-1-3-7-15/h1-11,18,20H,12-14H2. The van der Waals surface area contributed by atoms with Crippen LogP contribution in [0.1, 0.15) is 35.0 Å². The predicted octanol–water partition coefficient (Wildman–Crippen LogP) is 4.43. The number of alkyl halides is 2. The van der Waals surface area contributed by atoms with Gasteiger partial charge in [0.25, 0.3) is 0 Å². The van der Waals surface area contributed by atoms with Crippen LogP contribution in [0.3, 0.4) is 0 Å². The van der Waals surface area contributed by atoms with Gasteiger partial charge in [-0.2, -0.15) is 8.78 Å². The lowest BCUT2D eigenvalue weighted by molar-refractivity contribution is 0.0632. The first-order chi connectivity index (χ1) is 12.2. The molecular weight excluding hydrogens is 320 g/mol. The van der Waals surface area contributed by atoms with E-state index in [4.69, 9.17) is 0 Å².